The van der Waals surface area contributed by atoms with Crippen molar-refractivity contribution < 1.29 is 13.2 Å². The molecule has 1 aliphatic heterocycles. The van der Waals surface area contributed by atoms with Gasteiger partial charge < -0.3 is 10.6 Å². The molecule has 1 atom stereocenters. The Kier molecular flexibility index (Phi) is 9.79. The van der Waals surface area contributed by atoms with Gasteiger partial charge in [-0.3, -0.25) is 14.8 Å². The third-order valence-corrected chi connectivity index (χ3v) is 4.49. The van der Waals surface area contributed by atoms with E-state index in [1.54, 1.807) is 0 Å². The lowest BCUT2D eigenvalue weighted by Gasteiger charge is -2.21. The van der Waals surface area contributed by atoms with Gasteiger partial charge in [0.15, 0.2) is 5.96 Å². The number of nitrogens with one attached hydrogen (secondary N) is 2. The molecule has 2 aliphatic rings. The molecule has 1 unspecified atom stereocenters. The smallest absolute Gasteiger partial charge is 0.357 e. The minimum Gasteiger partial charge on any atom is -0.357 e. The van der Waals surface area contributed by atoms with Crippen LogP contribution in [-0.4, -0.2) is 79.8 Å². The number of halogens is 4. The third kappa shape index (κ3) is 8.76. The van der Waals surface area contributed by atoms with Gasteiger partial charge in [-0.1, -0.05) is 6.92 Å². The lowest BCUT2D eigenvalue weighted by atomic mass is 10.3. The second kappa shape index (κ2) is 10.8. The van der Waals surface area contributed by atoms with E-state index in [1.165, 1.54) is 17.7 Å². The number of likely N-dealkylation sites (N-methyl/N-ethyl adjacent to an activating group) is 1. The predicted molar refractivity (Wildman–Crippen MR) is 106 cm³/mol. The SMILES string of the molecule is CCNC(=NCCN(CC)C1CC1)NC1CCN(CC(F)(F)F)C1.I. The van der Waals surface area contributed by atoms with E-state index in [0.717, 1.165) is 25.7 Å². The Balaban J connectivity index is 0.00000312. The van der Waals surface area contributed by atoms with E-state index in [9.17, 15) is 13.2 Å². The van der Waals surface area contributed by atoms with Crippen LogP contribution in [0.3, 0.4) is 0 Å². The zero-order chi connectivity index (χ0) is 17.6. The summed E-state index contributed by atoms with van der Waals surface area (Å²) in [6, 6.07) is 0.752. The zero-order valence-electron chi connectivity index (χ0n) is 15.1. The Morgan fingerprint density at radius 1 is 1.24 bits per heavy atom. The van der Waals surface area contributed by atoms with Gasteiger partial charge in [0.05, 0.1) is 13.1 Å². The zero-order valence-corrected chi connectivity index (χ0v) is 17.4. The average Bonchev–Trinajstić information content (AvgIpc) is 3.24. The van der Waals surface area contributed by atoms with Crippen LogP contribution in [0.5, 0.6) is 0 Å². The molecule has 1 aliphatic carbocycles. The van der Waals surface area contributed by atoms with Crippen LogP contribution in [0.4, 0.5) is 13.2 Å². The summed E-state index contributed by atoms with van der Waals surface area (Å²) in [6.07, 6.45) is -0.844. The van der Waals surface area contributed by atoms with Crippen molar-refractivity contribution >= 4 is 29.9 Å². The average molecular weight is 477 g/mol. The number of hydrogen-bond donors (Lipinski definition) is 2. The van der Waals surface area contributed by atoms with Crippen LogP contribution in [0, 0.1) is 0 Å². The first-order valence-electron chi connectivity index (χ1n) is 8.99. The maximum absolute atomic E-state index is 12.5. The van der Waals surface area contributed by atoms with E-state index >= 15 is 0 Å². The Bertz CT molecular complexity index is 415. The van der Waals surface area contributed by atoms with Gasteiger partial charge in [-0.25, -0.2) is 0 Å². The van der Waals surface area contributed by atoms with E-state index in [-0.39, 0.29) is 30.0 Å². The first-order chi connectivity index (χ1) is 11.4. The Hall–Kier alpha value is -0.290. The highest BCUT2D eigenvalue weighted by Crippen LogP contribution is 2.26. The lowest BCUT2D eigenvalue weighted by Crippen LogP contribution is -2.45. The van der Waals surface area contributed by atoms with Crippen LogP contribution < -0.4 is 10.6 Å². The summed E-state index contributed by atoms with van der Waals surface area (Å²) in [6.45, 7) is 7.63. The van der Waals surface area contributed by atoms with Gasteiger partial charge in [0.1, 0.15) is 0 Å². The summed E-state index contributed by atoms with van der Waals surface area (Å²) in [7, 11) is 0. The number of aliphatic imine (C=N–C) groups is 1. The Morgan fingerprint density at radius 2 is 1.96 bits per heavy atom. The highest BCUT2D eigenvalue weighted by molar-refractivity contribution is 14.0. The van der Waals surface area contributed by atoms with Gasteiger partial charge in [0.25, 0.3) is 0 Å². The first-order valence-corrected chi connectivity index (χ1v) is 8.99. The molecule has 2 N–H and O–H groups in total. The highest BCUT2D eigenvalue weighted by Gasteiger charge is 2.34. The van der Waals surface area contributed by atoms with Gasteiger partial charge in [-0.15, -0.1) is 24.0 Å². The van der Waals surface area contributed by atoms with Gasteiger partial charge in [0.2, 0.25) is 0 Å². The fourth-order valence-electron chi connectivity index (χ4n) is 3.19. The monoisotopic (exact) mass is 477 g/mol. The predicted octanol–water partition coefficient (Wildman–Crippen LogP) is 2.28. The van der Waals surface area contributed by atoms with Gasteiger partial charge in [-0.2, -0.15) is 13.2 Å². The Labute approximate surface area is 165 Å². The molecule has 2 fully saturated rings. The molecule has 2 rings (SSSR count). The van der Waals surface area contributed by atoms with Crippen LogP contribution in [0.15, 0.2) is 4.99 Å². The number of nitrogens with zero attached hydrogens (tertiary/aromatic N) is 3. The maximum atomic E-state index is 12.5. The largest absolute Gasteiger partial charge is 0.401 e. The minimum absolute atomic E-state index is 0. The van der Waals surface area contributed by atoms with E-state index < -0.39 is 12.7 Å². The molecule has 0 amide bonds. The molecule has 1 saturated carbocycles. The summed E-state index contributed by atoms with van der Waals surface area (Å²) in [4.78, 5) is 8.48. The molecule has 9 heteroatoms. The summed E-state index contributed by atoms with van der Waals surface area (Å²) in [5.74, 6) is 0.711. The van der Waals surface area contributed by atoms with Crippen molar-refractivity contribution in [2.24, 2.45) is 4.99 Å². The molecular formula is C16H31F3IN5. The van der Waals surface area contributed by atoms with Crippen molar-refractivity contribution in [3.8, 4) is 0 Å². The fourth-order valence-corrected chi connectivity index (χ4v) is 3.19. The van der Waals surface area contributed by atoms with Crippen LogP contribution >= 0.6 is 24.0 Å². The summed E-state index contributed by atoms with van der Waals surface area (Å²) in [5.41, 5.74) is 0. The first kappa shape index (κ1) is 22.8. The van der Waals surface area contributed by atoms with Gasteiger partial charge in [0, 0.05) is 38.3 Å². The maximum Gasteiger partial charge on any atom is 0.401 e. The third-order valence-electron chi connectivity index (χ3n) is 4.49. The number of likely N-dealkylation sites (tertiary alicyclic amines) is 1. The van der Waals surface area contributed by atoms with Crippen LogP contribution in [0.1, 0.15) is 33.1 Å². The Morgan fingerprint density at radius 3 is 2.52 bits per heavy atom. The van der Waals surface area contributed by atoms with E-state index in [0.29, 0.717) is 32.0 Å². The molecule has 0 spiro atoms. The second-order valence-corrected chi connectivity index (χ2v) is 6.60. The normalized spacial score (nSPS) is 22.2. The lowest BCUT2D eigenvalue weighted by molar-refractivity contribution is -0.143. The van der Waals surface area contributed by atoms with Gasteiger partial charge in [-0.05, 0) is 32.7 Å². The van der Waals surface area contributed by atoms with Gasteiger partial charge >= 0.3 is 6.18 Å². The number of hydrogen-bond acceptors (Lipinski definition) is 3. The van der Waals surface area contributed by atoms with Crippen molar-refractivity contribution in [2.45, 2.75) is 51.4 Å². The summed E-state index contributed by atoms with van der Waals surface area (Å²) >= 11 is 0. The molecule has 1 heterocycles. The van der Waals surface area contributed by atoms with Crippen molar-refractivity contribution in [2.75, 3.05) is 45.8 Å². The standard InChI is InChI=1S/C16H30F3N5.HI/c1-3-20-15(21-8-10-24(4-2)14-5-6-14)22-13-7-9-23(11-13)12-16(17,18)19;/h13-14H,3-12H2,1-2H3,(H2,20,21,22);1H. The number of alkyl halides is 3. The molecule has 0 radical (unpaired) electrons. The molecule has 1 saturated heterocycles. The summed E-state index contributed by atoms with van der Waals surface area (Å²) < 4.78 is 37.4. The van der Waals surface area contributed by atoms with Crippen molar-refractivity contribution in [3.63, 3.8) is 0 Å². The topological polar surface area (TPSA) is 42.9 Å². The van der Waals surface area contributed by atoms with Crippen LogP contribution in [0.2, 0.25) is 0 Å². The molecule has 0 bridgehead atoms. The molecule has 25 heavy (non-hydrogen) atoms. The van der Waals surface area contributed by atoms with E-state index in [1.807, 2.05) is 6.92 Å². The molecule has 0 aromatic heterocycles. The fraction of sp³-hybridized carbons (Fsp3) is 0.938. The van der Waals surface area contributed by atoms with Crippen molar-refractivity contribution in [1.29, 1.82) is 0 Å². The minimum atomic E-state index is -4.13. The molecule has 0 aromatic rings. The number of rotatable bonds is 8. The second-order valence-electron chi connectivity index (χ2n) is 6.60. The molecule has 5 nitrogen and oxygen atoms in total. The molecule has 0 aromatic carbocycles. The number of guanidine groups is 1. The highest BCUT2D eigenvalue weighted by atomic mass is 127. The van der Waals surface area contributed by atoms with E-state index in [4.69, 9.17) is 0 Å². The van der Waals surface area contributed by atoms with Crippen LogP contribution in [-0.2, 0) is 0 Å². The van der Waals surface area contributed by atoms with E-state index in [2.05, 4.69) is 27.4 Å². The van der Waals surface area contributed by atoms with Crippen molar-refractivity contribution in [3.05, 3.63) is 0 Å². The molecule has 148 valence electrons. The van der Waals surface area contributed by atoms with Crippen LogP contribution in [0.25, 0.3) is 0 Å². The molecular weight excluding hydrogens is 446 g/mol. The summed E-state index contributed by atoms with van der Waals surface area (Å²) in [5, 5.41) is 6.47. The quantitative estimate of drug-likeness (QED) is 0.320. The van der Waals surface area contributed by atoms with Crippen molar-refractivity contribution in [1.82, 2.24) is 20.4 Å².